The van der Waals surface area contributed by atoms with Gasteiger partial charge in [-0.3, -0.25) is 0 Å². The molecule has 0 bridgehead atoms. The van der Waals surface area contributed by atoms with Crippen LogP contribution < -0.4 is 7.16 Å². The van der Waals surface area contributed by atoms with Gasteiger partial charge in [0.25, 0.3) is 0 Å². The van der Waals surface area contributed by atoms with E-state index in [0.717, 1.165) is 0 Å². The van der Waals surface area contributed by atoms with Gasteiger partial charge in [-0.15, -0.1) is 0 Å². The zero-order valence-electron chi connectivity index (χ0n) is 57.0. The maximum atomic E-state index is 2.86. The van der Waals surface area contributed by atoms with Gasteiger partial charge in [0.2, 0.25) is 0 Å². The van der Waals surface area contributed by atoms with Crippen molar-refractivity contribution >= 4 is 40.3 Å². The normalized spacial score (nSPS) is 13.8. The average Bonchev–Trinajstić information content (AvgIpc) is 4.24. The first kappa shape index (κ1) is 73.2. The molecule has 0 atom stereocenters. The molecular weight excluding hydrogens is 1280 g/mol. The third-order valence-electron chi connectivity index (χ3n) is 17.0. The van der Waals surface area contributed by atoms with E-state index in [4.69, 9.17) is 0 Å². The van der Waals surface area contributed by atoms with Crippen LogP contribution in [-0.2, 0) is 17.1 Å². The molecule has 85 heavy (non-hydrogen) atoms. The molecule has 0 saturated heterocycles. The van der Waals surface area contributed by atoms with Crippen molar-refractivity contribution in [1.29, 1.82) is 0 Å². The molecule has 3 heteroatoms. The zero-order valence-corrected chi connectivity index (χ0v) is 63.8. The molecule has 2 aliphatic carbocycles. The van der Waals surface area contributed by atoms with Crippen LogP contribution in [0.2, 0.25) is 0 Å². The Morgan fingerprint density at radius 3 is 0.529 bits per heavy atom. The van der Waals surface area contributed by atoms with E-state index in [1.807, 2.05) is 51.4 Å². The van der Waals surface area contributed by atoms with E-state index in [1.165, 1.54) is 111 Å². The third-order valence-corrected chi connectivity index (χ3v) is 33.9. The van der Waals surface area contributed by atoms with E-state index in [0.29, 0.717) is 71.0 Å². The van der Waals surface area contributed by atoms with Crippen LogP contribution >= 0.6 is 0 Å². The number of hydrogen-bond acceptors (Lipinski definition) is 0. The van der Waals surface area contributed by atoms with Crippen LogP contribution in [0.4, 0.5) is 0 Å². The predicted octanol–water partition coefficient (Wildman–Crippen LogP) is 22.9. The zero-order chi connectivity index (χ0) is 62.0. The second-order valence-electron chi connectivity index (χ2n) is 27.6. The van der Waals surface area contributed by atoms with Crippen molar-refractivity contribution in [2.24, 2.45) is 0 Å². The Kier molecular flexibility index (Phi) is 28.8. The molecule has 6 aromatic rings. The van der Waals surface area contributed by atoms with Crippen molar-refractivity contribution in [2.45, 2.75) is 237 Å². The average molecular weight is 1390 g/mol. The minimum Gasteiger partial charge on any atom is -0.474 e. The fourth-order valence-corrected chi connectivity index (χ4v) is 31.7. The van der Waals surface area contributed by atoms with Gasteiger partial charge in [-0.05, 0) is 0 Å². The summed E-state index contributed by atoms with van der Waals surface area (Å²) in [6.45, 7) is 58.2. The molecule has 2 saturated carbocycles. The van der Waals surface area contributed by atoms with Gasteiger partial charge >= 0.3 is 474 Å². The Bertz CT molecular complexity index is 2610. The number of benzene rings is 6. The Hall–Kier alpha value is -2.56. The second-order valence-corrected chi connectivity index (χ2v) is 41.5. The predicted molar refractivity (Wildman–Crippen MR) is 375 cm³/mol. The molecule has 0 unspecified atom stereocenters. The van der Waals surface area contributed by atoms with Crippen LogP contribution in [0.5, 0.6) is 0 Å². The molecule has 0 nitrogen and oxygen atoms in total. The summed E-state index contributed by atoms with van der Waals surface area (Å²) in [7, 11) is 0. The summed E-state index contributed by atoms with van der Waals surface area (Å²) in [5.74, 6) is 5.04. The Morgan fingerprint density at radius 1 is 0.247 bits per heavy atom. The first-order chi connectivity index (χ1) is 39.7. The van der Waals surface area contributed by atoms with Gasteiger partial charge in [0.05, 0.1) is 0 Å². The van der Waals surface area contributed by atoms with Crippen LogP contribution in [0.25, 0.3) is 44.5 Å². The summed E-state index contributed by atoms with van der Waals surface area (Å²) in [5.41, 5.74) is 30.3. The van der Waals surface area contributed by atoms with E-state index in [2.05, 4.69) is 264 Å². The van der Waals surface area contributed by atoms with Crippen molar-refractivity contribution in [1.82, 2.24) is 0 Å². The topological polar surface area (TPSA) is 0 Å². The summed E-state index contributed by atoms with van der Waals surface area (Å²) < 4.78 is 3.47. The maximum absolute atomic E-state index is 2.86. The van der Waals surface area contributed by atoms with E-state index in [9.17, 15) is 0 Å². The van der Waals surface area contributed by atoms with Crippen molar-refractivity contribution in [2.75, 3.05) is 0 Å². The van der Waals surface area contributed by atoms with Crippen LogP contribution in [0.3, 0.4) is 0 Å². The first-order valence-electron chi connectivity index (χ1n) is 32.3. The molecule has 2 fully saturated rings. The number of rotatable bonds is 18. The molecule has 0 amide bonds. The number of hydrogen-bond donors (Lipinski definition) is 0. The van der Waals surface area contributed by atoms with E-state index < -0.39 is 33.1 Å². The van der Waals surface area contributed by atoms with Crippen LogP contribution in [-0.4, -0.2) is 33.1 Å². The minimum absolute atomic E-state index is 0. The van der Waals surface area contributed by atoms with Gasteiger partial charge in [0, 0.05) is 17.1 Å². The maximum Gasteiger partial charge on any atom is 0 e. The standard InChI is InChI=1S/2C36H49.2C5H4.Fe.2Sn/c2*1-21(2)29-17-31(23(5)6)35(32(18-29)24(7)8)27-14-13-15-28(16-27)36-33(25(9)10)19-30(22(3)4)20-34(36)26(11)12;2*1-2-4-5-3-1;;;/h2*13-15,17-26H,1-12H3;2*1-4H;;;/q;;2*-1;;;. The SMILES string of the molecule is CC(C)c1cc(C(C)C)c(-c2cccc(-c3c(C(C)C)cc(C(C)C)cc3C(C)C)[c]2[Sn]=[Sn][c]2c(-c3c(C(C)C)cc(C(C)C)cc3C(C)C)cccc2-c2c(C(C)C)cc(C(C)C)cc2C(C)C)c(C(C)C)c1.[C-]1[CH][CH][CH][CH]1.[C-]1[CH][CH][CH][CH]1.[Fe]. The van der Waals surface area contributed by atoms with Crippen molar-refractivity contribution < 1.29 is 17.1 Å². The summed E-state index contributed by atoms with van der Waals surface area (Å²) >= 11 is -2.73. The van der Waals surface area contributed by atoms with E-state index in [1.54, 1.807) is 7.16 Å². The molecule has 0 aliphatic heterocycles. The van der Waals surface area contributed by atoms with Gasteiger partial charge in [0.15, 0.2) is 0 Å². The molecule has 0 aromatic heterocycles. The molecule has 12 radical (unpaired) electrons. The quantitative estimate of drug-likeness (QED) is 0.0594. The van der Waals surface area contributed by atoms with E-state index >= 15 is 0 Å². The van der Waals surface area contributed by atoms with Gasteiger partial charge in [-0.25, -0.2) is 25.7 Å². The van der Waals surface area contributed by atoms with Gasteiger partial charge in [-0.2, -0.15) is 0 Å². The van der Waals surface area contributed by atoms with Crippen molar-refractivity contribution in [3.05, 3.63) is 216 Å². The van der Waals surface area contributed by atoms with Crippen LogP contribution in [0.1, 0.15) is 304 Å². The van der Waals surface area contributed by atoms with Gasteiger partial charge in [-0.1, -0.05) is 25.7 Å². The summed E-state index contributed by atoms with van der Waals surface area (Å²) in [5, 5.41) is 0. The summed E-state index contributed by atoms with van der Waals surface area (Å²) in [4.78, 5) is 0. The Morgan fingerprint density at radius 2 is 0.412 bits per heavy atom. The molecule has 452 valence electrons. The molecule has 6 aromatic carbocycles. The van der Waals surface area contributed by atoms with Gasteiger partial charge < -0.3 is 12.8 Å². The smallest absolute Gasteiger partial charge is 0 e. The largest absolute Gasteiger partial charge is 0.474 e. The third kappa shape index (κ3) is 18.1. The first-order valence-corrected chi connectivity index (χ1v) is 46.2. The fraction of sp³-hybridized carbons (Fsp3) is 0.439. The Labute approximate surface area is 550 Å². The molecule has 0 spiro atoms. The minimum atomic E-state index is -1.37. The summed E-state index contributed by atoms with van der Waals surface area (Å²) in [6, 6.07) is 36.0. The van der Waals surface area contributed by atoms with E-state index in [-0.39, 0.29) is 17.1 Å². The molecule has 2 aliphatic rings. The fourth-order valence-electron chi connectivity index (χ4n) is 12.0. The molecule has 0 heterocycles. The summed E-state index contributed by atoms with van der Waals surface area (Å²) in [6.07, 6.45) is 21.0. The second kappa shape index (κ2) is 33.5. The van der Waals surface area contributed by atoms with Crippen molar-refractivity contribution in [3.63, 3.8) is 0 Å². The van der Waals surface area contributed by atoms with Crippen LogP contribution in [0.15, 0.2) is 84.9 Å². The monoisotopic (exact) mass is 1390 g/mol. The van der Waals surface area contributed by atoms with Crippen LogP contribution in [0, 0.1) is 64.2 Å². The van der Waals surface area contributed by atoms with Gasteiger partial charge in [0.1, 0.15) is 0 Å². The molecule has 0 N–H and O–H groups in total. The molecule has 8 rings (SSSR count). The molecular formula is C82H106FeSn2-2. The van der Waals surface area contributed by atoms with Crippen molar-refractivity contribution in [3.8, 4) is 44.5 Å². The Balaban J connectivity index is 0.00000108.